The van der Waals surface area contributed by atoms with Crippen LogP contribution >= 0.6 is 0 Å². The number of aromatic nitrogens is 5. The monoisotopic (exact) mass is 360 g/mol. The standard InChI is InChI=1S/C16H20N6O4/c1-8-3-4-9(2)22(8)25-5-10-12(23)13(24)16(26-10)21-7-20-11-14(17)18-6-19-15(11)21/h3-4,6-7,10,12-13,16,23-24H,5H2,1-2H3,(H2,17,18,19)/t10-,12-,13-,16-/m1/s1. The Morgan fingerprint density at radius 3 is 2.62 bits per heavy atom. The fourth-order valence-corrected chi connectivity index (χ4v) is 3.16. The summed E-state index contributed by atoms with van der Waals surface area (Å²) < 4.78 is 9.04. The summed E-state index contributed by atoms with van der Waals surface area (Å²) in [5, 5.41) is 20.8. The maximum Gasteiger partial charge on any atom is 0.167 e. The molecule has 10 heteroatoms. The van der Waals surface area contributed by atoms with Crippen molar-refractivity contribution in [2.75, 3.05) is 12.3 Å². The number of aliphatic hydroxyl groups excluding tert-OH is 2. The van der Waals surface area contributed by atoms with Crippen LogP contribution in [0.2, 0.25) is 0 Å². The predicted molar refractivity (Wildman–Crippen MR) is 91.0 cm³/mol. The van der Waals surface area contributed by atoms with Crippen LogP contribution in [-0.4, -0.2) is 59.4 Å². The zero-order chi connectivity index (χ0) is 18.4. The molecule has 3 aromatic heterocycles. The molecule has 0 unspecified atom stereocenters. The van der Waals surface area contributed by atoms with Crippen molar-refractivity contribution >= 4 is 17.0 Å². The van der Waals surface area contributed by atoms with Gasteiger partial charge in [0.1, 0.15) is 36.8 Å². The lowest BCUT2D eigenvalue weighted by molar-refractivity contribution is -0.0686. The molecular formula is C16H20N6O4. The second kappa shape index (κ2) is 6.24. The van der Waals surface area contributed by atoms with Gasteiger partial charge < -0.3 is 25.5 Å². The number of imidazole rings is 1. The van der Waals surface area contributed by atoms with Crippen LogP contribution in [0.4, 0.5) is 5.82 Å². The number of aryl methyl sites for hydroxylation is 2. The minimum absolute atomic E-state index is 0.0782. The minimum Gasteiger partial charge on any atom is -0.411 e. The van der Waals surface area contributed by atoms with Gasteiger partial charge in [-0.2, -0.15) is 4.73 Å². The van der Waals surface area contributed by atoms with Gasteiger partial charge in [0.15, 0.2) is 17.7 Å². The van der Waals surface area contributed by atoms with Crippen LogP contribution in [0, 0.1) is 13.8 Å². The van der Waals surface area contributed by atoms with E-state index in [-0.39, 0.29) is 12.4 Å². The molecular weight excluding hydrogens is 340 g/mol. The van der Waals surface area contributed by atoms with Gasteiger partial charge in [-0.15, -0.1) is 0 Å². The SMILES string of the molecule is Cc1ccc(C)n1OC[C@H]1O[C@@H](n2cnc3c(N)ncnc32)[C@H](O)[C@@H]1O. The molecule has 10 nitrogen and oxygen atoms in total. The van der Waals surface area contributed by atoms with Crippen molar-refractivity contribution in [3.05, 3.63) is 36.2 Å². The Morgan fingerprint density at radius 2 is 1.88 bits per heavy atom. The Balaban J connectivity index is 1.55. The van der Waals surface area contributed by atoms with Crippen molar-refractivity contribution in [3.63, 3.8) is 0 Å². The Labute approximate surface area is 148 Å². The molecule has 0 aromatic carbocycles. The maximum atomic E-state index is 10.4. The van der Waals surface area contributed by atoms with Gasteiger partial charge in [0.2, 0.25) is 0 Å². The van der Waals surface area contributed by atoms with Crippen LogP contribution in [0.25, 0.3) is 11.2 Å². The Bertz CT molecular complexity index is 919. The van der Waals surface area contributed by atoms with Crippen molar-refractivity contribution < 1.29 is 19.8 Å². The lowest BCUT2D eigenvalue weighted by atomic mass is 10.1. The number of anilines is 1. The molecule has 1 fully saturated rings. The Morgan fingerprint density at radius 1 is 1.15 bits per heavy atom. The molecule has 138 valence electrons. The van der Waals surface area contributed by atoms with Crippen LogP contribution in [0.5, 0.6) is 0 Å². The van der Waals surface area contributed by atoms with E-state index >= 15 is 0 Å². The molecule has 3 aromatic rings. The first kappa shape index (κ1) is 16.8. The van der Waals surface area contributed by atoms with Gasteiger partial charge in [-0.25, -0.2) is 15.0 Å². The van der Waals surface area contributed by atoms with Gasteiger partial charge in [0.05, 0.1) is 17.7 Å². The van der Waals surface area contributed by atoms with Gasteiger partial charge in [-0.3, -0.25) is 4.57 Å². The van der Waals surface area contributed by atoms with E-state index in [2.05, 4.69) is 15.0 Å². The first-order chi connectivity index (χ1) is 12.5. The summed E-state index contributed by atoms with van der Waals surface area (Å²) >= 11 is 0. The van der Waals surface area contributed by atoms with Crippen LogP contribution < -0.4 is 10.6 Å². The number of nitrogens with two attached hydrogens (primary N) is 1. The third kappa shape index (κ3) is 2.59. The first-order valence-corrected chi connectivity index (χ1v) is 8.20. The van der Waals surface area contributed by atoms with E-state index in [4.69, 9.17) is 15.3 Å². The van der Waals surface area contributed by atoms with Crippen LogP contribution in [-0.2, 0) is 4.74 Å². The number of hydrogen-bond donors (Lipinski definition) is 3. The third-order valence-corrected chi connectivity index (χ3v) is 4.57. The van der Waals surface area contributed by atoms with E-state index in [0.29, 0.717) is 11.2 Å². The minimum atomic E-state index is -1.16. The number of hydrogen-bond acceptors (Lipinski definition) is 8. The van der Waals surface area contributed by atoms with Crippen LogP contribution in [0.1, 0.15) is 17.6 Å². The summed E-state index contributed by atoms with van der Waals surface area (Å²) in [6.07, 6.45) is -1.08. The molecule has 0 aliphatic carbocycles. The molecule has 4 atom stereocenters. The maximum absolute atomic E-state index is 10.4. The molecule has 0 radical (unpaired) electrons. The predicted octanol–water partition coefficient (Wildman–Crippen LogP) is -0.425. The van der Waals surface area contributed by atoms with Gasteiger partial charge in [-0.1, -0.05) is 0 Å². The summed E-state index contributed by atoms with van der Waals surface area (Å²) in [4.78, 5) is 17.9. The molecule has 1 saturated heterocycles. The van der Waals surface area contributed by atoms with Crippen LogP contribution in [0.3, 0.4) is 0 Å². The largest absolute Gasteiger partial charge is 0.411 e. The van der Waals surface area contributed by atoms with Gasteiger partial charge in [-0.05, 0) is 26.0 Å². The lowest BCUT2D eigenvalue weighted by Crippen LogP contribution is -2.36. The number of nitrogen functional groups attached to an aromatic ring is 1. The summed E-state index contributed by atoms with van der Waals surface area (Å²) in [6, 6.07) is 3.86. The molecule has 4 N–H and O–H groups in total. The summed E-state index contributed by atoms with van der Waals surface area (Å²) in [6.45, 7) is 3.91. The molecule has 26 heavy (non-hydrogen) atoms. The normalized spacial score (nSPS) is 25.8. The number of ether oxygens (including phenoxy) is 1. The van der Waals surface area contributed by atoms with Crippen molar-refractivity contribution in [2.24, 2.45) is 0 Å². The zero-order valence-corrected chi connectivity index (χ0v) is 14.4. The van der Waals surface area contributed by atoms with E-state index in [1.807, 2.05) is 26.0 Å². The molecule has 4 heterocycles. The smallest absolute Gasteiger partial charge is 0.167 e. The van der Waals surface area contributed by atoms with E-state index in [0.717, 1.165) is 11.4 Å². The summed E-state index contributed by atoms with van der Waals surface area (Å²) in [5.74, 6) is 0.236. The molecule has 1 aliphatic rings. The van der Waals surface area contributed by atoms with Crippen LogP contribution in [0.15, 0.2) is 24.8 Å². The molecule has 0 bridgehead atoms. The average molecular weight is 360 g/mol. The van der Waals surface area contributed by atoms with E-state index in [1.165, 1.54) is 17.2 Å². The molecule has 0 amide bonds. The van der Waals surface area contributed by atoms with Gasteiger partial charge in [0.25, 0.3) is 0 Å². The summed E-state index contributed by atoms with van der Waals surface area (Å²) in [5.41, 5.74) is 8.48. The van der Waals surface area contributed by atoms with E-state index in [1.54, 1.807) is 4.73 Å². The van der Waals surface area contributed by atoms with Crippen molar-refractivity contribution in [1.29, 1.82) is 0 Å². The fraction of sp³-hybridized carbons (Fsp3) is 0.438. The number of fused-ring (bicyclic) bond motifs is 1. The molecule has 4 rings (SSSR count). The molecule has 0 spiro atoms. The quantitative estimate of drug-likeness (QED) is 0.571. The Hall–Kier alpha value is -2.69. The molecule has 1 aliphatic heterocycles. The summed E-state index contributed by atoms with van der Waals surface area (Å²) in [7, 11) is 0. The van der Waals surface area contributed by atoms with Crippen molar-refractivity contribution in [2.45, 2.75) is 38.4 Å². The number of rotatable bonds is 4. The molecule has 0 saturated carbocycles. The van der Waals surface area contributed by atoms with E-state index in [9.17, 15) is 10.2 Å². The zero-order valence-electron chi connectivity index (χ0n) is 14.4. The third-order valence-electron chi connectivity index (χ3n) is 4.57. The van der Waals surface area contributed by atoms with Crippen molar-refractivity contribution in [1.82, 2.24) is 24.2 Å². The second-order valence-corrected chi connectivity index (χ2v) is 6.34. The van der Waals surface area contributed by atoms with Crippen molar-refractivity contribution in [3.8, 4) is 0 Å². The fourth-order valence-electron chi connectivity index (χ4n) is 3.16. The van der Waals surface area contributed by atoms with Gasteiger partial charge >= 0.3 is 0 Å². The van der Waals surface area contributed by atoms with Gasteiger partial charge in [0, 0.05) is 0 Å². The highest BCUT2D eigenvalue weighted by Crippen LogP contribution is 2.31. The number of aliphatic hydroxyl groups is 2. The van der Waals surface area contributed by atoms with E-state index < -0.39 is 24.5 Å². The highest BCUT2D eigenvalue weighted by Gasteiger charge is 2.45. The topological polar surface area (TPSA) is 133 Å². The number of nitrogens with zero attached hydrogens (tertiary/aromatic N) is 5. The highest BCUT2D eigenvalue weighted by molar-refractivity contribution is 5.81. The average Bonchev–Trinajstić information content (AvgIpc) is 3.26. The first-order valence-electron chi connectivity index (χ1n) is 8.20. The second-order valence-electron chi connectivity index (χ2n) is 6.34. The highest BCUT2D eigenvalue weighted by atomic mass is 16.7. The Kier molecular flexibility index (Phi) is 4.02. The lowest BCUT2D eigenvalue weighted by Gasteiger charge is -2.17.